The van der Waals surface area contributed by atoms with Crippen molar-refractivity contribution in [2.24, 2.45) is 0 Å². The standard InChI is InChI=1S/C30H28F2N8/c1-2-21-5-3-4-6-23(21)18-37-9-11-38(12-10-37)28-8-7-22(15-34-28)27-13-24(26-17-36-40(20-26)30(31)32)19-39-29(27)25(14-33)16-35-39/h3-8,13,15-17,19-20,30H,2,9-12,18H2,1H3. The molecule has 5 aromatic rings. The van der Waals surface area contributed by atoms with Crippen LogP contribution in [0.15, 0.2) is 73.4 Å². The van der Waals surface area contributed by atoms with Crippen LogP contribution < -0.4 is 4.90 Å². The molecular weight excluding hydrogens is 510 g/mol. The molecule has 0 saturated carbocycles. The number of halogens is 2. The highest BCUT2D eigenvalue weighted by Gasteiger charge is 2.20. The van der Waals surface area contributed by atoms with Gasteiger partial charge in [-0.05, 0) is 35.7 Å². The van der Waals surface area contributed by atoms with Crippen molar-refractivity contribution in [2.45, 2.75) is 26.4 Å². The van der Waals surface area contributed by atoms with Crippen LogP contribution >= 0.6 is 0 Å². The van der Waals surface area contributed by atoms with Gasteiger partial charge >= 0.3 is 6.55 Å². The van der Waals surface area contributed by atoms with Crippen LogP contribution in [0.25, 0.3) is 27.8 Å². The molecule has 1 fully saturated rings. The van der Waals surface area contributed by atoms with Crippen molar-refractivity contribution in [2.75, 3.05) is 31.1 Å². The van der Waals surface area contributed by atoms with E-state index in [0.717, 1.165) is 56.1 Å². The van der Waals surface area contributed by atoms with Crippen LogP contribution in [0.5, 0.6) is 0 Å². The number of nitriles is 1. The summed E-state index contributed by atoms with van der Waals surface area (Å²) in [6, 6.07) is 16.7. The summed E-state index contributed by atoms with van der Waals surface area (Å²) in [6.07, 6.45) is 8.75. The average Bonchev–Trinajstić information content (AvgIpc) is 3.65. The van der Waals surface area contributed by atoms with E-state index in [1.54, 1.807) is 16.9 Å². The third-order valence-corrected chi connectivity index (χ3v) is 7.52. The second kappa shape index (κ2) is 10.9. The van der Waals surface area contributed by atoms with Crippen molar-refractivity contribution in [3.63, 3.8) is 0 Å². The van der Waals surface area contributed by atoms with E-state index < -0.39 is 6.55 Å². The smallest absolute Gasteiger partial charge is 0.333 e. The Morgan fingerprint density at radius 2 is 1.70 bits per heavy atom. The van der Waals surface area contributed by atoms with Crippen molar-refractivity contribution in [1.29, 1.82) is 5.26 Å². The number of aryl methyl sites for hydroxylation is 1. The molecule has 0 atom stereocenters. The molecule has 5 heterocycles. The summed E-state index contributed by atoms with van der Waals surface area (Å²) in [5, 5.41) is 17.8. The first-order valence-electron chi connectivity index (χ1n) is 13.3. The van der Waals surface area contributed by atoms with Crippen molar-refractivity contribution in [3.8, 4) is 28.3 Å². The van der Waals surface area contributed by atoms with E-state index in [9.17, 15) is 14.0 Å². The molecule has 1 saturated heterocycles. The summed E-state index contributed by atoms with van der Waals surface area (Å²) in [7, 11) is 0. The number of hydrogen-bond donors (Lipinski definition) is 0. The number of piperazine rings is 1. The van der Waals surface area contributed by atoms with Crippen LogP contribution in [0.1, 0.15) is 30.2 Å². The molecule has 0 radical (unpaired) electrons. The van der Waals surface area contributed by atoms with Crippen LogP contribution in [0.2, 0.25) is 0 Å². The fourth-order valence-electron chi connectivity index (χ4n) is 5.34. The maximum atomic E-state index is 13.1. The summed E-state index contributed by atoms with van der Waals surface area (Å²) < 4.78 is 28.4. The molecule has 1 aromatic carbocycles. The fourth-order valence-corrected chi connectivity index (χ4v) is 5.34. The number of pyridine rings is 2. The zero-order valence-electron chi connectivity index (χ0n) is 22.1. The molecule has 1 aliphatic heterocycles. The molecule has 6 rings (SSSR count). The molecule has 0 N–H and O–H groups in total. The Kier molecular flexibility index (Phi) is 6.97. The van der Waals surface area contributed by atoms with Crippen molar-refractivity contribution in [3.05, 3.63) is 90.1 Å². The van der Waals surface area contributed by atoms with E-state index >= 15 is 0 Å². The van der Waals surface area contributed by atoms with Gasteiger partial charge in [0, 0.05) is 73.6 Å². The SMILES string of the molecule is CCc1ccccc1CN1CCN(c2ccc(-c3cc(-c4cnn(C(F)F)c4)cn4ncc(C#N)c34)cn2)CC1. The fraction of sp³-hybridized carbons (Fsp3) is 0.267. The molecule has 0 bridgehead atoms. The lowest BCUT2D eigenvalue weighted by Gasteiger charge is -2.35. The van der Waals surface area contributed by atoms with Crippen molar-refractivity contribution >= 4 is 11.3 Å². The number of rotatable bonds is 7. The number of anilines is 1. The second-order valence-electron chi connectivity index (χ2n) is 9.88. The van der Waals surface area contributed by atoms with E-state index in [0.29, 0.717) is 26.9 Å². The van der Waals surface area contributed by atoms with E-state index in [2.05, 4.69) is 57.3 Å². The van der Waals surface area contributed by atoms with Gasteiger partial charge in [0.1, 0.15) is 11.9 Å². The average molecular weight is 539 g/mol. The molecule has 4 aromatic heterocycles. The van der Waals surface area contributed by atoms with Gasteiger partial charge in [-0.15, -0.1) is 0 Å². The molecule has 0 amide bonds. The van der Waals surface area contributed by atoms with Gasteiger partial charge in [0.05, 0.1) is 23.5 Å². The molecule has 40 heavy (non-hydrogen) atoms. The maximum absolute atomic E-state index is 13.1. The van der Waals surface area contributed by atoms with Crippen LogP contribution in [-0.2, 0) is 13.0 Å². The lowest BCUT2D eigenvalue weighted by molar-refractivity contribution is 0.0566. The zero-order valence-corrected chi connectivity index (χ0v) is 22.1. The van der Waals surface area contributed by atoms with Crippen LogP contribution in [0.3, 0.4) is 0 Å². The Bertz CT molecular complexity index is 1670. The van der Waals surface area contributed by atoms with Gasteiger partial charge in [-0.3, -0.25) is 4.90 Å². The number of hydrogen-bond acceptors (Lipinski definition) is 6. The minimum Gasteiger partial charge on any atom is -0.354 e. The second-order valence-corrected chi connectivity index (χ2v) is 9.88. The van der Waals surface area contributed by atoms with Gasteiger partial charge in [-0.2, -0.15) is 24.2 Å². The first-order chi connectivity index (χ1) is 19.5. The van der Waals surface area contributed by atoms with Gasteiger partial charge in [-0.25, -0.2) is 14.2 Å². The van der Waals surface area contributed by atoms with Crippen LogP contribution in [0, 0.1) is 11.3 Å². The highest BCUT2D eigenvalue weighted by atomic mass is 19.3. The van der Waals surface area contributed by atoms with Gasteiger partial charge in [0.2, 0.25) is 0 Å². The molecule has 8 nitrogen and oxygen atoms in total. The molecule has 0 spiro atoms. The largest absolute Gasteiger partial charge is 0.354 e. The Balaban J connectivity index is 1.23. The highest BCUT2D eigenvalue weighted by molar-refractivity contribution is 5.87. The summed E-state index contributed by atoms with van der Waals surface area (Å²) in [4.78, 5) is 9.55. The van der Waals surface area contributed by atoms with Gasteiger partial charge < -0.3 is 4.90 Å². The molecule has 1 aliphatic rings. The highest BCUT2D eigenvalue weighted by Crippen LogP contribution is 2.33. The predicted octanol–water partition coefficient (Wildman–Crippen LogP) is 5.41. The lowest BCUT2D eigenvalue weighted by Crippen LogP contribution is -2.46. The van der Waals surface area contributed by atoms with Crippen molar-refractivity contribution in [1.82, 2.24) is 29.3 Å². The molecular formula is C30H28F2N8. The quantitative estimate of drug-likeness (QED) is 0.276. The third-order valence-electron chi connectivity index (χ3n) is 7.52. The number of fused-ring (bicyclic) bond motifs is 1. The Morgan fingerprint density at radius 1 is 0.900 bits per heavy atom. The van der Waals surface area contributed by atoms with E-state index in [-0.39, 0.29) is 0 Å². The molecule has 10 heteroatoms. The summed E-state index contributed by atoms with van der Waals surface area (Å²) in [5.74, 6) is 0.900. The van der Waals surface area contributed by atoms with Crippen molar-refractivity contribution < 1.29 is 8.78 Å². The topological polar surface area (TPSA) is 78.3 Å². The Hall–Kier alpha value is -4.62. The maximum Gasteiger partial charge on any atom is 0.333 e. The Labute approximate surface area is 230 Å². The third kappa shape index (κ3) is 4.92. The predicted molar refractivity (Wildman–Crippen MR) is 149 cm³/mol. The number of benzene rings is 1. The zero-order chi connectivity index (χ0) is 27.6. The van der Waals surface area contributed by atoms with Crippen LogP contribution in [0.4, 0.5) is 14.6 Å². The minimum absolute atomic E-state index is 0.426. The number of alkyl halides is 2. The summed E-state index contributed by atoms with van der Waals surface area (Å²) in [6.45, 7) is 4.11. The molecule has 0 unspecified atom stereocenters. The minimum atomic E-state index is -2.72. The first kappa shape index (κ1) is 25.6. The number of aromatic nitrogens is 5. The summed E-state index contributed by atoms with van der Waals surface area (Å²) in [5.41, 5.74) is 6.61. The number of nitrogens with zero attached hydrogens (tertiary/aromatic N) is 8. The van der Waals surface area contributed by atoms with Crippen LogP contribution in [-0.4, -0.2) is 55.5 Å². The van der Waals surface area contributed by atoms with Gasteiger partial charge in [-0.1, -0.05) is 31.2 Å². The van der Waals surface area contributed by atoms with Gasteiger partial charge in [0.15, 0.2) is 0 Å². The van der Waals surface area contributed by atoms with E-state index in [1.165, 1.54) is 29.7 Å². The first-order valence-corrected chi connectivity index (χ1v) is 13.3. The molecule has 202 valence electrons. The molecule has 0 aliphatic carbocycles. The van der Waals surface area contributed by atoms with E-state index in [4.69, 9.17) is 4.98 Å². The van der Waals surface area contributed by atoms with E-state index in [1.807, 2.05) is 18.2 Å². The summed E-state index contributed by atoms with van der Waals surface area (Å²) >= 11 is 0. The lowest BCUT2D eigenvalue weighted by atomic mass is 10.0. The Morgan fingerprint density at radius 3 is 2.38 bits per heavy atom. The van der Waals surface area contributed by atoms with Gasteiger partial charge in [0.25, 0.3) is 0 Å². The monoisotopic (exact) mass is 538 g/mol. The normalized spacial score (nSPS) is 14.2.